The maximum atomic E-state index is 12.6. The number of amides is 1. The van der Waals surface area contributed by atoms with E-state index in [1.165, 1.54) is 0 Å². The molecule has 1 aromatic carbocycles. The molecule has 1 N–H and O–H groups in total. The van der Waals surface area contributed by atoms with Crippen molar-refractivity contribution in [3.05, 3.63) is 66.4 Å². The van der Waals surface area contributed by atoms with Gasteiger partial charge in [0, 0.05) is 37.3 Å². The van der Waals surface area contributed by atoms with Gasteiger partial charge < -0.3 is 9.88 Å². The van der Waals surface area contributed by atoms with Crippen LogP contribution in [-0.4, -0.2) is 32.0 Å². The number of pyridine rings is 2. The Bertz CT molecular complexity index is 1080. The summed E-state index contributed by atoms with van der Waals surface area (Å²) < 4.78 is 2.08. The summed E-state index contributed by atoms with van der Waals surface area (Å²) in [6.07, 6.45) is 4.08. The Morgan fingerprint density at radius 3 is 2.85 bits per heavy atom. The summed E-state index contributed by atoms with van der Waals surface area (Å²) in [6.45, 7) is 3.35. The number of rotatable bonds is 5. The average molecular weight is 345 g/mol. The largest absolute Gasteiger partial charge is 0.350 e. The molecular formula is C20H19N5O. The number of hydrogen-bond donors (Lipinski definition) is 1. The maximum absolute atomic E-state index is 12.6. The Kier molecular flexibility index (Phi) is 4.31. The Labute approximate surface area is 150 Å². The van der Waals surface area contributed by atoms with Crippen molar-refractivity contribution in [1.82, 2.24) is 24.8 Å². The van der Waals surface area contributed by atoms with Gasteiger partial charge in [-0.3, -0.25) is 9.78 Å². The van der Waals surface area contributed by atoms with E-state index < -0.39 is 0 Å². The molecule has 0 aliphatic heterocycles. The quantitative estimate of drug-likeness (QED) is 0.603. The number of fused-ring (bicyclic) bond motifs is 2. The fourth-order valence-corrected chi connectivity index (χ4v) is 3.20. The second-order valence-electron chi connectivity index (χ2n) is 6.01. The van der Waals surface area contributed by atoms with Gasteiger partial charge in [-0.25, -0.2) is 9.97 Å². The van der Waals surface area contributed by atoms with E-state index in [0.717, 1.165) is 34.3 Å². The van der Waals surface area contributed by atoms with Gasteiger partial charge >= 0.3 is 0 Å². The SMILES string of the molecule is CCn1c(CCNC(=O)c2nccc3ccccc23)nc2cccnc21. The highest BCUT2D eigenvalue weighted by Crippen LogP contribution is 2.16. The molecule has 0 bridgehead atoms. The predicted molar refractivity (Wildman–Crippen MR) is 101 cm³/mol. The summed E-state index contributed by atoms with van der Waals surface area (Å²) in [6, 6.07) is 13.5. The third-order valence-corrected chi connectivity index (χ3v) is 4.42. The number of imidazole rings is 1. The van der Waals surface area contributed by atoms with E-state index >= 15 is 0 Å². The number of nitrogens with zero attached hydrogens (tertiary/aromatic N) is 4. The number of aryl methyl sites for hydroxylation is 1. The van der Waals surface area contributed by atoms with Gasteiger partial charge in [-0.05, 0) is 30.5 Å². The Hall–Kier alpha value is -3.28. The van der Waals surface area contributed by atoms with Crippen LogP contribution in [0.1, 0.15) is 23.2 Å². The summed E-state index contributed by atoms with van der Waals surface area (Å²) >= 11 is 0. The fraction of sp³-hybridized carbons (Fsp3) is 0.200. The third-order valence-electron chi connectivity index (χ3n) is 4.42. The van der Waals surface area contributed by atoms with E-state index in [2.05, 4.69) is 31.8 Å². The summed E-state index contributed by atoms with van der Waals surface area (Å²) in [5, 5.41) is 4.82. The van der Waals surface area contributed by atoms with E-state index in [0.29, 0.717) is 18.7 Å². The first-order valence-electron chi connectivity index (χ1n) is 8.70. The van der Waals surface area contributed by atoms with E-state index in [-0.39, 0.29) is 5.91 Å². The van der Waals surface area contributed by atoms with Crippen molar-refractivity contribution < 1.29 is 4.79 Å². The Balaban J connectivity index is 1.50. The number of nitrogens with one attached hydrogen (secondary N) is 1. The number of benzene rings is 1. The number of carbonyl (C=O) groups excluding carboxylic acids is 1. The highest BCUT2D eigenvalue weighted by atomic mass is 16.1. The molecule has 4 rings (SSSR count). The number of hydrogen-bond acceptors (Lipinski definition) is 4. The first kappa shape index (κ1) is 16.2. The lowest BCUT2D eigenvalue weighted by Gasteiger charge is -2.08. The van der Waals surface area contributed by atoms with E-state index in [1.807, 2.05) is 42.5 Å². The van der Waals surface area contributed by atoms with Gasteiger partial charge in [0.1, 0.15) is 17.0 Å². The molecular weight excluding hydrogens is 326 g/mol. The van der Waals surface area contributed by atoms with Gasteiger partial charge in [-0.1, -0.05) is 24.3 Å². The molecule has 6 heteroatoms. The molecule has 130 valence electrons. The smallest absolute Gasteiger partial charge is 0.270 e. The summed E-state index contributed by atoms with van der Waals surface area (Å²) in [4.78, 5) is 25.9. The zero-order chi connectivity index (χ0) is 17.9. The Morgan fingerprint density at radius 1 is 1.08 bits per heavy atom. The van der Waals surface area contributed by atoms with Crippen LogP contribution in [0.15, 0.2) is 54.9 Å². The molecule has 4 aromatic rings. The van der Waals surface area contributed by atoms with Crippen LogP contribution in [0.25, 0.3) is 21.9 Å². The van der Waals surface area contributed by atoms with Crippen LogP contribution in [0.5, 0.6) is 0 Å². The van der Waals surface area contributed by atoms with Crippen LogP contribution in [0.2, 0.25) is 0 Å². The van der Waals surface area contributed by atoms with Crippen LogP contribution >= 0.6 is 0 Å². The lowest BCUT2D eigenvalue weighted by Crippen LogP contribution is -2.27. The van der Waals surface area contributed by atoms with Gasteiger partial charge in [0.05, 0.1) is 0 Å². The minimum absolute atomic E-state index is 0.168. The van der Waals surface area contributed by atoms with Crippen molar-refractivity contribution in [3.8, 4) is 0 Å². The molecule has 0 radical (unpaired) electrons. The maximum Gasteiger partial charge on any atom is 0.270 e. The lowest BCUT2D eigenvalue weighted by atomic mass is 10.1. The molecule has 0 aliphatic carbocycles. The van der Waals surface area contributed by atoms with E-state index in [9.17, 15) is 4.79 Å². The Morgan fingerprint density at radius 2 is 1.96 bits per heavy atom. The standard InChI is InChI=1S/C20H19N5O/c1-2-25-17(24-16-8-5-11-22-19(16)25)10-13-23-20(26)18-15-7-4-3-6-14(15)9-12-21-18/h3-9,11-12H,2,10,13H2,1H3,(H,23,26). The molecule has 0 fully saturated rings. The highest BCUT2D eigenvalue weighted by Gasteiger charge is 2.13. The van der Waals surface area contributed by atoms with E-state index in [4.69, 9.17) is 0 Å². The molecule has 3 heterocycles. The monoisotopic (exact) mass is 345 g/mol. The van der Waals surface area contributed by atoms with Crippen molar-refractivity contribution in [2.75, 3.05) is 6.54 Å². The van der Waals surface area contributed by atoms with Gasteiger partial charge in [0.15, 0.2) is 5.65 Å². The highest BCUT2D eigenvalue weighted by molar-refractivity contribution is 6.05. The number of carbonyl (C=O) groups is 1. The van der Waals surface area contributed by atoms with Gasteiger partial charge in [0.2, 0.25) is 0 Å². The third kappa shape index (κ3) is 2.90. The zero-order valence-electron chi connectivity index (χ0n) is 14.5. The van der Waals surface area contributed by atoms with Crippen molar-refractivity contribution in [2.45, 2.75) is 19.9 Å². The molecule has 0 saturated carbocycles. The predicted octanol–water partition coefficient (Wildman–Crippen LogP) is 2.97. The van der Waals surface area contributed by atoms with Gasteiger partial charge in [-0.2, -0.15) is 0 Å². The van der Waals surface area contributed by atoms with Crippen LogP contribution in [0, 0.1) is 0 Å². The summed E-state index contributed by atoms with van der Waals surface area (Å²) in [5.74, 6) is 0.756. The van der Waals surface area contributed by atoms with Crippen molar-refractivity contribution >= 4 is 27.8 Å². The van der Waals surface area contributed by atoms with Crippen LogP contribution in [-0.2, 0) is 13.0 Å². The van der Waals surface area contributed by atoms with Crippen LogP contribution < -0.4 is 5.32 Å². The van der Waals surface area contributed by atoms with Crippen molar-refractivity contribution in [3.63, 3.8) is 0 Å². The van der Waals surface area contributed by atoms with Crippen molar-refractivity contribution in [2.24, 2.45) is 0 Å². The lowest BCUT2D eigenvalue weighted by molar-refractivity contribution is 0.0951. The molecule has 0 atom stereocenters. The zero-order valence-corrected chi connectivity index (χ0v) is 14.5. The molecule has 6 nitrogen and oxygen atoms in total. The summed E-state index contributed by atoms with van der Waals surface area (Å²) in [5.41, 5.74) is 2.22. The average Bonchev–Trinajstić information content (AvgIpc) is 3.04. The molecule has 26 heavy (non-hydrogen) atoms. The number of aromatic nitrogens is 4. The second kappa shape index (κ2) is 6.92. The minimum atomic E-state index is -0.168. The minimum Gasteiger partial charge on any atom is -0.350 e. The fourth-order valence-electron chi connectivity index (χ4n) is 3.20. The molecule has 0 spiro atoms. The molecule has 0 aliphatic rings. The normalized spacial score (nSPS) is 11.1. The molecule has 1 amide bonds. The van der Waals surface area contributed by atoms with Gasteiger partial charge in [-0.15, -0.1) is 0 Å². The summed E-state index contributed by atoms with van der Waals surface area (Å²) in [7, 11) is 0. The molecule has 3 aromatic heterocycles. The van der Waals surface area contributed by atoms with Gasteiger partial charge in [0.25, 0.3) is 5.91 Å². The van der Waals surface area contributed by atoms with Crippen LogP contribution in [0.4, 0.5) is 0 Å². The van der Waals surface area contributed by atoms with E-state index in [1.54, 1.807) is 12.4 Å². The first-order chi connectivity index (χ1) is 12.8. The topological polar surface area (TPSA) is 72.7 Å². The first-order valence-corrected chi connectivity index (χ1v) is 8.70. The molecule has 0 unspecified atom stereocenters. The second-order valence-corrected chi connectivity index (χ2v) is 6.01. The van der Waals surface area contributed by atoms with Crippen LogP contribution in [0.3, 0.4) is 0 Å². The molecule has 0 saturated heterocycles. The van der Waals surface area contributed by atoms with Crippen molar-refractivity contribution in [1.29, 1.82) is 0 Å².